The van der Waals surface area contributed by atoms with Gasteiger partial charge in [0.25, 0.3) is 0 Å². The van der Waals surface area contributed by atoms with E-state index >= 15 is 0 Å². The van der Waals surface area contributed by atoms with E-state index in [0.717, 1.165) is 11.3 Å². The van der Waals surface area contributed by atoms with Crippen molar-refractivity contribution in [2.24, 2.45) is 0 Å². The standard InChI is InChI=1S/C16H22N2O2/c1-10-7-11(16(19)20)3-6-15(10)17-12-8-13-4-5-14(9-12)18(13)2/h3,6-7,12-14,17H,4-5,8-9H2,1-2H3,(H,19,20). The van der Waals surface area contributed by atoms with E-state index in [1.165, 1.54) is 25.7 Å². The van der Waals surface area contributed by atoms with E-state index in [-0.39, 0.29) is 0 Å². The Morgan fingerprint density at radius 2 is 1.95 bits per heavy atom. The molecule has 20 heavy (non-hydrogen) atoms. The predicted molar refractivity (Wildman–Crippen MR) is 79.4 cm³/mol. The summed E-state index contributed by atoms with van der Waals surface area (Å²) >= 11 is 0. The highest BCUT2D eigenvalue weighted by atomic mass is 16.4. The van der Waals surface area contributed by atoms with E-state index in [1.54, 1.807) is 12.1 Å². The van der Waals surface area contributed by atoms with Gasteiger partial charge in [-0.3, -0.25) is 0 Å². The Morgan fingerprint density at radius 3 is 2.50 bits per heavy atom. The number of hydrogen-bond donors (Lipinski definition) is 2. The van der Waals surface area contributed by atoms with Crippen LogP contribution in [0.25, 0.3) is 0 Å². The third kappa shape index (κ3) is 2.40. The van der Waals surface area contributed by atoms with Gasteiger partial charge < -0.3 is 15.3 Å². The zero-order valence-electron chi connectivity index (χ0n) is 12.1. The molecule has 2 atom stereocenters. The number of anilines is 1. The molecule has 1 aromatic rings. The van der Waals surface area contributed by atoms with Crippen molar-refractivity contribution >= 4 is 11.7 Å². The number of piperidine rings is 1. The van der Waals surface area contributed by atoms with Crippen LogP contribution in [0.3, 0.4) is 0 Å². The van der Waals surface area contributed by atoms with Gasteiger partial charge >= 0.3 is 5.97 Å². The van der Waals surface area contributed by atoms with Crippen LogP contribution in [-0.4, -0.2) is 41.1 Å². The van der Waals surface area contributed by atoms with Gasteiger partial charge in [0.05, 0.1) is 5.56 Å². The van der Waals surface area contributed by atoms with Crippen LogP contribution in [0.5, 0.6) is 0 Å². The van der Waals surface area contributed by atoms with Crippen LogP contribution in [0, 0.1) is 6.92 Å². The molecule has 2 bridgehead atoms. The molecule has 2 aliphatic heterocycles. The van der Waals surface area contributed by atoms with Gasteiger partial charge in [-0.2, -0.15) is 0 Å². The van der Waals surface area contributed by atoms with Crippen molar-refractivity contribution in [3.63, 3.8) is 0 Å². The van der Waals surface area contributed by atoms with Crippen molar-refractivity contribution in [2.45, 2.75) is 50.7 Å². The van der Waals surface area contributed by atoms with Crippen LogP contribution in [0.4, 0.5) is 5.69 Å². The highest BCUT2D eigenvalue weighted by molar-refractivity contribution is 5.88. The summed E-state index contributed by atoms with van der Waals surface area (Å²) in [5, 5.41) is 12.6. The largest absolute Gasteiger partial charge is 0.478 e. The molecule has 0 radical (unpaired) electrons. The maximum Gasteiger partial charge on any atom is 0.335 e. The fourth-order valence-electron chi connectivity index (χ4n) is 3.71. The van der Waals surface area contributed by atoms with Crippen LogP contribution in [0.1, 0.15) is 41.6 Å². The number of carboxylic acid groups (broad SMARTS) is 1. The van der Waals surface area contributed by atoms with E-state index in [0.29, 0.717) is 23.7 Å². The second kappa shape index (κ2) is 5.09. The molecule has 4 nitrogen and oxygen atoms in total. The molecule has 3 rings (SSSR count). The smallest absolute Gasteiger partial charge is 0.335 e. The van der Waals surface area contributed by atoms with E-state index in [4.69, 9.17) is 5.11 Å². The second-order valence-electron chi connectivity index (χ2n) is 6.20. The number of aryl methyl sites for hydroxylation is 1. The molecule has 1 aromatic carbocycles. The number of rotatable bonds is 3. The van der Waals surface area contributed by atoms with Gasteiger partial charge in [-0.25, -0.2) is 4.79 Å². The number of carboxylic acids is 1. The molecule has 2 aliphatic rings. The van der Waals surface area contributed by atoms with Crippen molar-refractivity contribution in [1.29, 1.82) is 0 Å². The molecule has 108 valence electrons. The summed E-state index contributed by atoms with van der Waals surface area (Å²) in [5.41, 5.74) is 2.44. The maximum absolute atomic E-state index is 11.0. The summed E-state index contributed by atoms with van der Waals surface area (Å²) in [6.07, 6.45) is 5.01. The molecule has 2 heterocycles. The normalized spacial score (nSPS) is 29.4. The van der Waals surface area contributed by atoms with Crippen LogP contribution in [0.2, 0.25) is 0 Å². The molecule has 4 heteroatoms. The van der Waals surface area contributed by atoms with Crippen LogP contribution in [0.15, 0.2) is 18.2 Å². The fourth-order valence-corrected chi connectivity index (χ4v) is 3.71. The lowest BCUT2D eigenvalue weighted by atomic mass is 9.97. The summed E-state index contributed by atoms with van der Waals surface area (Å²) in [7, 11) is 2.24. The molecule has 0 aromatic heterocycles. The fraction of sp³-hybridized carbons (Fsp3) is 0.562. The topological polar surface area (TPSA) is 52.6 Å². The Balaban J connectivity index is 1.71. The number of nitrogens with zero attached hydrogens (tertiary/aromatic N) is 1. The summed E-state index contributed by atoms with van der Waals surface area (Å²) in [5.74, 6) is -0.864. The number of aromatic carboxylic acids is 1. The minimum absolute atomic E-state index is 0.358. The zero-order chi connectivity index (χ0) is 14.3. The van der Waals surface area contributed by atoms with Crippen molar-refractivity contribution in [3.8, 4) is 0 Å². The number of nitrogens with one attached hydrogen (secondary N) is 1. The first-order valence-corrected chi connectivity index (χ1v) is 7.37. The molecule has 0 spiro atoms. The molecule has 0 aliphatic carbocycles. The minimum Gasteiger partial charge on any atom is -0.478 e. The molecule has 2 fully saturated rings. The van der Waals surface area contributed by atoms with Crippen molar-refractivity contribution in [2.75, 3.05) is 12.4 Å². The average Bonchev–Trinajstić information content (AvgIpc) is 2.64. The summed E-state index contributed by atoms with van der Waals surface area (Å²) in [6.45, 7) is 1.97. The molecule has 2 saturated heterocycles. The van der Waals surface area contributed by atoms with Crippen molar-refractivity contribution in [1.82, 2.24) is 4.90 Å². The molecular weight excluding hydrogens is 252 g/mol. The zero-order valence-corrected chi connectivity index (χ0v) is 12.1. The van der Waals surface area contributed by atoms with Crippen molar-refractivity contribution in [3.05, 3.63) is 29.3 Å². The van der Waals surface area contributed by atoms with E-state index < -0.39 is 5.97 Å². The number of benzene rings is 1. The highest BCUT2D eigenvalue weighted by Gasteiger charge is 2.38. The van der Waals surface area contributed by atoms with Gasteiger partial charge in [-0.05, 0) is 63.4 Å². The first-order chi connectivity index (χ1) is 9.54. The Kier molecular flexibility index (Phi) is 3.42. The van der Waals surface area contributed by atoms with Gasteiger partial charge in [-0.1, -0.05) is 0 Å². The van der Waals surface area contributed by atoms with Gasteiger partial charge in [0.1, 0.15) is 0 Å². The Morgan fingerprint density at radius 1 is 1.30 bits per heavy atom. The molecule has 2 N–H and O–H groups in total. The maximum atomic E-state index is 11.0. The van der Waals surface area contributed by atoms with E-state index in [2.05, 4.69) is 17.3 Å². The van der Waals surface area contributed by atoms with Gasteiger partial charge in [0.15, 0.2) is 0 Å². The predicted octanol–water partition coefficient (Wildman–Crippen LogP) is 2.73. The molecular formula is C16H22N2O2. The Labute approximate surface area is 119 Å². The second-order valence-corrected chi connectivity index (χ2v) is 6.20. The van der Waals surface area contributed by atoms with Crippen LogP contribution in [-0.2, 0) is 0 Å². The lowest BCUT2D eigenvalue weighted by Crippen LogP contribution is -2.44. The number of carbonyl (C=O) groups is 1. The van der Waals surface area contributed by atoms with E-state index in [9.17, 15) is 4.79 Å². The lowest BCUT2D eigenvalue weighted by molar-refractivity contribution is 0.0697. The SMILES string of the molecule is Cc1cc(C(=O)O)ccc1NC1CC2CCC(C1)N2C. The summed E-state index contributed by atoms with van der Waals surface area (Å²) in [6, 6.07) is 7.27. The molecule has 2 unspecified atom stereocenters. The highest BCUT2D eigenvalue weighted by Crippen LogP contribution is 2.35. The Hall–Kier alpha value is -1.55. The lowest BCUT2D eigenvalue weighted by Gasteiger charge is -2.37. The quantitative estimate of drug-likeness (QED) is 0.890. The number of hydrogen-bond acceptors (Lipinski definition) is 3. The van der Waals surface area contributed by atoms with Crippen molar-refractivity contribution < 1.29 is 9.90 Å². The monoisotopic (exact) mass is 274 g/mol. The van der Waals surface area contributed by atoms with Gasteiger partial charge in [-0.15, -0.1) is 0 Å². The third-order valence-corrected chi connectivity index (χ3v) is 4.93. The van der Waals surface area contributed by atoms with Gasteiger partial charge in [0.2, 0.25) is 0 Å². The van der Waals surface area contributed by atoms with E-state index in [1.807, 2.05) is 13.0 Å². The first-order valence-electron chi connectivity index (χ1n) is 7.37. The number of fused-ring (bicyclic) bond motifs is 2. The Bertz CT molecular complexity index is 515. The van der Waals surface area contributed by atoms with Crippen LogP contribution < -0.4 is 5.32 Å². The van der Waals surface area contributed by atoms with Crippen LogP contribution >= 0.6 is 0 Å². The minimum atomic E-state index is -0.864. The average molecular weight is 274 g/mol. The molecule has 0 saturated carbocycles. The summed E-state index contributed by atoms with van der Waals surface area (Å²) in [4.78, 5) is 13.5. The molecule has 0 amide bonds. The summed E-state index contributed by atoms with van der Waals surface area (Å²) < 4.78 is 0. The third-order valence-electron chi connectivity index (χ3n) is 4.93. The van der Waals surface area contributed by atoms with Gasteiger partial charge in [0, 0.05) is 23.8 Å². The first kappa shape index (κ1) is 13.4.